The van der Waals surface area contributed by atoms with Crippen LogP contribution >= 0.6 is 0 Å². The summed E-state index contributed by atoms with van der Waals surface area (Å²) in [4.78, 5) is 8.59. The number of fused-ring (bicyclic) bond motifs is 2. The van der Waals surface area contributed by atoms with E-state index in [1.807, 2.05) is 49.6 Å². The lowest BCUT2D eigenvalue weighted by atomic mass is 9.94. The Kier molecular flexibility index (Phi) is 3.35. The minimum absolute atomic E-state index is 0.00459. The number of aryl methyl sites for hydroxylation is 1. The number of nitrogens with one attached hydrogen (secondary N) is 1. The predicted octanol–water partition coefficient (Wildman–Crippen LogP) is 4.12. The first kappa shape index (κ1) is 16.0. The van der Waals surface area contributed by atoms with E-state index in [0.29, 0.717) is 11.6 Å². The molecule has 0 radical (unpaired) electrons. The maximum atomic E-state index is 11.9. The van der Waals surface area contributed by atoms with Gasteiger partial charge in [-0.15, -0.1) is 0 Å². The van der Waals surface area contributed by atoms with Crippen LogP contribution in [0.25, 0.3) is 33.4 Å². The van der Waals surface area contributed by atoms with E-state index in [2.05, 4.69) is 14.7 Å². The maximum Gasteiger partial charge on any atom is 0.237 e. The van der Waals surface area contributed by atoms with Gasteiger partial charge in [0.2, 0.25) is 15.9 Å². The highest BCUT2D eigenvalue weighted by molar-refractivity contribution is 7.92. The molecule has 0 bridgehead atoms. The van der Waals surface area contributed by atoms with Gasteiger partial charge in [-0.3, -0.25) is 9.71 Å². The second-order valence-corrected chi connectivity index (χ2v) is 8.37. The number of sulfonamides is 1. The summed E-state index contributed by atoms with van der Waals surface area (Å²) in [6.07, 6.45) is 6.79. The third kappa shape index (κ3) is 2.67. The quantitative estimate of drug-likeness (QED) is 0.568. The van der Waals surface area contributed by atoms with Crippen LogP contribution in [0.4, 0.5) is 5.69 Å². The summed E-state index contributed by atoms with van der Waals surface area (Å²) in [6, 6.07) is 9.79. The fourth-order valence-corrected chi connectivity index (χ4v) is 4.79. The molecule has 0 aliphatic carbocycles. The molecule has 27 heavy (non-hydrogen) atoms. The first-order valence-corrected chi connectivity index (χ1v) is 10.1. The number of pyridine rings is 1. The van der Waals surface area contributed by atoms with E-state index in [1.165, 1.54) is 0 Å². The van der Waals surface area contributed by atoms with Crippen molar-refractivity contribution in [2.75, 3.05) is 4.72 Å². The molecule has 0 atom stereocenters. The normalized spacial score (nSPS) is 14.9. The van der Waals surface area contributed by atoms with Crippen LogP contribution in [0.1, 0.15) is 11.1 Å². The minimum Gasteiger partial charge on any atom is -0.445 e. The number of hydrogen-bond donors (Lipinski definition) is 1. The Morgan fingerprint density at radius 3 is 2.81 bits per heavy atom. The molecule has 6 nitrogen and oxygen atoms in total. The number of hydrogen-bond acceptors (Lipinski definition) is 5. The summed E-state index contributed by atoms with van der Waals surface area (Å²) in [6.45, 7) is 1.97. The summed E-state index contributed by atoms with van der Waals surface area (Å²) >= 11 is 0. The van der Waals surface area contributed by atoms with Gasteiger partial charge < -0.3 is 4.42 Å². The SMILES string of the molecule is Cc1cc2c(cc1-c1cncc3ccc(-c4ncco4)cc13)CS(=O)(=O)N2. The van der Waals surface area contributed by atoms with Crippen LogP contribution in [-0.2, 0) is 15.8 Å². The Labute approximate surface area is 155 Å². The predicted molar refractivity (Wildman–Crippen MR) is 104 cm³/mol. The van der Waals surface area contributed by atoms with Crippen LogP contribution in [0, 0.1) is 6.92 Å². The highest BCUT2D eigenvalue weighted by atomic mass is 32.2. The average molecular weight is 377 g/mol. The van der Waals surface area contributed by atoms with E-state index >= 15 is 0 Å². The monoisotopic (exact) mass is 377 g/mol. The van der Waals surface area contributed by atoms with Crippen LogP contribution in [-0.4, -0.2) is 18.4 Å². The van der Waals surface area contributed by atoms with Crippen LogP contribution in [0.3, 0.4) is 0 Å². The van der Waals surface area contributed by atoms with Gasteiger partial charge in [-0.05, 0) is 53.3 Å². The zero-order chi connectivity index (χ0) is 18.6. The van der Waals surface area contributed by atoms with Crippen molar-refractivity contribution >= 4 is 26.5 Å². The molecule has 0 unspecified atom stereocenters. The zero-order valence-corrected chi connectivity index (χ0v) is 15.2. The van der Waals surface area contributed by atoms with Crippen LogP contribution in [0.2, 0.25) is 0 Å². The third-order valence-electron chi connectivity index (χ3n) is 4.79. The molecule has 1 N–H and O–H groups in total. The van der Waals surface area contributed by atoms with E-state index in [-0.39, 0.29) is 5.75 Å². The first-order chi connectivity index (χ1) is 13.0. The highest BCUT2D eigenvalue weighted by Gasteiger charge is 2.25. The second kappa shape index (κ2) is 5.65. The Bertz CT molecular complexity index is 1300. The fraction of sp³-hybridized carbons (Fsp3) is 0.100. The van der Waals surface area contributed by atoms with Gasteiger partial charge in [-0.1, -0.05) is 6.07 Å². The average Bonchev–Trinajstić information content (AvgIpc) is 3.26. The molecule has 4 aromatic rings. The lowest BCUT2D eigenvalue weighted by Gasteiger charge is -2.12. The molecule has 1 aliphatic rings. The number of anilines is 1. The molecule has 1 aliphatic heterocycles. The molecule has 2 aromatic heterocycles. The first-order valence-electron chi connectivity index (χ1n) is 8.42. The van der Waals surface area contributed by atoms with Crippen molar-refractivity contribution in [2.45, 2.75) is 12.7 Å². The smallest absolute Gasteiger partial charge is 0.237 e. The van der Waals surface area contributed by atoms with Gasteiger partial charge in [-0.2, -0.15) is 0 Å². The molecular weight excluding hydrogens is 362 g/mol. The number of benzene rings is 2. The number of aromatic nitrogens is 2. The molecule has 134 valence electrons. The summed E-state index contributed by atoms with van der Waals surface area (Å²) < 4.78 is 31.8. The van der Waals surface area contributed by atoms with E-state index in [9.17, 15) is 8.42 Å². The van der Waals surface area contributed by atoms with Crippen LogP contribution in [0.15, 0.2) is 59.6 Å². The largest absolute Gasteiger partial charge is 0.445 e. The molecule has 0 saturated heterocycles. The maximum absolute atomic E-state index is 11.9. The van der Waals surface area contributed by atoms with Crippen LogP contribution in [0.5, 0.6) is 0 Å². The molecule has 0 spiro atoms. The number of oxazole rings is 1. The standard InChI is InChI=1S/C20H15N3O3S/c1-12-6-19-15(11-27(24,25)23-19)8-16(12)18-10-21-9-14-3-2-13(7-17(14)18)20-22-4-5-26-20/h2-10,23H,11H2,1H3. The van der Waals surface area contributed by atoms with Crippen molar-refractivity contribution < 1.29 is 12.8 Å². The molecule has 0 saturated carbocycles. The van der Waals surface area contributed by atoms with Gasteiger partial charge in [0.1, 0.15) is 6.26 Å². The fourth-order valence-electron chi connectivity index (χ4n) is 3.54. The van der Waals surface area contributed by atoms with Gasteiger partial charge in [-0.25, -0.2) is 13.4 Å². The number of rotatable bonds is 2. The van der Waals surface area contributed by atoms with Crippen LogP contribution < -0.4 is 4.72 Å². The van der Waals surface area contributed by atoms with E-state index < -0.39 is 10.0 Å². The molecule has 5 rings (SSSR count). The lowest BCUT2D eigenvalue weighted by Crippen LogP contribution is -2.05. The minimum atomic E-state index is -3.29. The Balaban J connectivity index is 1.73. The molecular formula is C20H15N3O3S. The Morgan fingerprint density at radius 1 is 1.11 bits per heavy atom. The van der Waals surface area contributed by atoms with Gasteiger partial charge in [0.25, 0.3) is 0 Å². The van der Waals surface area contributed by atoms with E-state index in [0.717, 1.165) is 38.6 Å². The zero-order valence-electron chi connectivity index (χ0n) is 14.4. The molecule has 2 aromatic carbocycles. The second-order valence-electron chi connectivity index (χ2n) is 6.65. The van der Waals surface area contributed by atoms with E-state index in [1.54, 1.807) is 12.5 Å². The van der Waals surface area contributed by atoms with Crippen molar-refractivity contribution in [1.29, 1.82) is 0 Å². The van der Waals surface area contributed by atoms with Gasteiger partial charge in [0, 0.05) is 28.9 Å². The summed E-state index contributed by atoms with van der Waals surface area (Å²) in [7, 11) is -3.29. The molecule has 3 heterocycles. The van der Waals surface area contributed by atoms with Crippen molar-refractivity contribution in [3.05, 3.63) is 66.3 Å². The third-order valence-corrected chi connectivity index (χ3v) is 6.01. The highest BCUT2D eigenvalue weighted by Crippen LogP contribution is 2.37. The van der Waals surface area contributed by atoms with Gasteiger partial charge in [0.05, 0.1) is 17.6 Å². The van der Waals surface area contributed by atoms with Gasteiger partial charge >= 0.3 is 0 Å². The lowest BCUT2D eigenvalue weighted by molar-refractivity contribution is 0.574. The van der Waals surface area contributed by atoms with E-state index in [4.69, 9.17) is 4.42 Å². The Hall–Kier alpha value is -3.19. The molecule has 7 heteroatoms. The molecule has 0 amide bonds. The summed E-state index contributed by atoms with van der Waals surface area (Å²) in [5.41, 5.74) is 5.21. The number of nitrogens with zero attached hydrogens (tertiary/aromatic N) is 2. The van der Waals surface area contributed by atoms with Crippen molar-refractivity contribution in [2.24, 2.45) is 0 Å². The van der Waals surface area contributed by atoms with Crippen molar-refractivity contribution in [3.63, 3.8) is 0 Å². The topological polar surface area (TPSA) is 85.1 Å². The molecule has 0 fully saturated rings. The van der Waals surface area contributed by atoms with Crippen molar-refractivity contribution in [3.8, 4) is 22.6 Å². The summed E-state index contributed by atoms with van der Waals surface area (Å²) in [5.74, 6) is 0.552. The Morgan fingerprint density at radius 2 is 2.00 bits per heavy atom. The van der Waals surface area contributed by atoms with Crippen molar-refractivity contribution in [1.82, 2.24) is 9.97 Å². The summed E-state index contributed by atoms with van der Waals surface area (Å²) in [5, 5.41) is 2.01. The van der Waals surface area contributed by atoms with Gasteiger partial charge in [0.15, 0.2) is 0 Å².